The molecule has 0 aliphatic heterocycles. The Morgan fingerprint density at radius 3 is 2.81 bits per heavy atom. The monoisotopic (exact) mass is 237 g/mol. The molecule has 0 unspecified atom stereocenters. The van der Waals surface area contributed by atoms with Crippen molar-refractivity contribution in [2.75, 3.05) is 18.5 Å². The fraction of sp³-hybridized carbons (Fsp3) is 0.462. The van der Waals surface area contributed by atoms with Crippen LogP contribution in [0.4, 0.5) is 5.69 Å². The molecule has 86 valence electrons. The number of nitrogens with zero attached hydrogens (tertiary/aromatic N) is 1. The van der Waals surface area contributed by atoms with Crippen molar-refractivity contribution in [3.05, 3.63) is 28.8 Å². The smallest absolute Gasteiger partial charge is 0.152 e. The van der Waals surface area contributed by atoms with Crippen molar-refractivity contribution < 1.29 is 4.79 Å². The van der Waals surface area contributed by atoms with E-state index in [0.29, 0.717) is 10.6 Å². The second-order valence-corrected chi connectivity index (χ2v) is 4.93. The van der Waals surface area contributed by atoms with E-state index in [9.17, 15) is 4.79 Å². The zero-order chi connectivity index (χ0) is 11.5. The van der Waals surface area contributed by atoms with Gasteiger partial charge in [0.2, 0.25) is 0 Å². The highest BCUT2D eigenvalue weighted by Gasteiger charge is 2.20. The molecule has 0 bridgehead atoms. The standard InChI is InChI=1S/C13H16ClNO/c1-15(8-10-3-2-4-10)13-7-12(14)6-5-11(13)9-16/h5-7,9-10H,2-4,8H2,1H3. The van der Waals surface area contributed by atoms with E-state index in [0.717, 1.165) is 24.4 Å². The van der Waals surface area contributed by atoms with Crippen molar-refractivity contribution in [1.29, 1.82) is 0 Å². The van der Waals surface area contributed by atoms with Gasteiger partial charge in [-0.05, 0) is 37.0 Å². The molecule has 1 aromatic rings. The van der Waals surface area contributed by atoms with Crippen LogP contribution < -0.4 is 4.90 Å². The van der Waals surface area contributed by atoms with E-state index in [-0.39, 0.29) is 0 Å². The summed E-state index contributed by atoms with van der Waals surface area (Å²) >= 11 is 5.96. The Hall–Kier alpha value is -1.02. The molecular formula is C13H16ClNO. The molecule has 0 radical (unpaired) electrons. The van der Waals surface area contributed by atoms with Crippen LogP contribution in [-0.2, 0) is 0 Å². The van der Waals surface area contributed by atoms with Gasteiger partial charge in [-0.15, -0.1) is 0 Å². The summed E-state index contributed by atoms with van der Waals surface area (Å²) in [5, 5.41) is 0.682. The van der Waals surface area contributed by atoms with Gasteiger partial charge in [0.15, 0.2) is 6.29 Å². The van der Waals surface area contributed by atoms with Gasteiger partial charge in [-0.3, -0.25) is 4.79 Å². The normalized spacial score (nSPS) is 15.6. The van der Waals surface area contributed by atoms with Gasteiger partial charge in [0.05, 0.1) is 0 Å². The van der Waals surface area contributed by atoms with Crippen LogP contribution in [0.2, 0.25) is 5.02 Å². The number of carbonyl (C=O) groups is 1. The van der Waals surface area contributed by atoms with Gasteiger partial charge >= 0.3 is 0 Å². The number of halogens is 1. The molecule has 0 atom stereocenters. The van der Waals surface area contributed by atoms with Crippen LogP contribution in [-0.4, -0.2) is 19.9 Å². The lowest BCUT2D eigenvalue weighted by atomic mass is 9.85. The zero-order valence-corrected chi connectivity index (χ0v) is 10.2. The Bertz CT molecular complexity index is 388. The van der Waals surface area contributed by atoms with E-state index < -0.39 is 0 Å². The molecule has 1 aromatic carbocycles. The van der Waals surface area contributed by atoms with Crippen molar-refractivity contribution >= 4 is 23.6 Å². The number of carbonyl (C=O) groups excluding carboxylic acids is 1. The van der Waals surface area contributed by atoms with Gasteiger partial charge in [0.1, 0.15) is 0 Å². The first-order valence-electron chi connectivity index (χ1n) is 5.66. The van der Waals surface area contributed by atoms with Crippen molar-refractivity contribution in [3.8, 4) is 0 Å². The molecule has 3 heteroatoms. The van der Waals surface area contributed by atoms with Crippen LogP contribution in [0.3, 0.4) is 0 Å². The Morgan fingerprint density at radius 1 is 1.50 bits per heavy atom. The fourth-order valence-corrected chi connectivity index (χ4v) is 2.27. The summed E-state index contributed by atoms with van der Waals surface area (Å²) in [6.45, 7) is 1.02. The first kappa shape index (κ1) is 11.5. The molecule has 1 aliphatic rings. The summed E-state index contributed by atoms with van der Waals surface area (Å²) in [5.41, 5.74) is 1.65. The van der Waals surface area contributed by atoms with E-state index in [1.807, 2.05) is 13.1 Å². The minimum Gasteiger partial charge on any atom is -0.374 e. The lowest BCUT2D eigenvalue weighted by molar-refractivity contribution is 0.112. The van der Waals surface area contributed by atoms with Crippen molar-refractivity contribution in [2.45, 2.75) is 19.3 Å². The van der Waals surface area contributed by atoms with Crippen LogP contribution in [0.1, 0.15) is 29.6 Å². The topological polar surface area (TPSA) is 20.3 Å². The maximum absolute atomic E-state index is 10.9. The summed E-state index contributed by atoms with van der Waals surface area (Å²) in [5.74, 6) is 0.781. The zero-order valence-electron chi connectivity index (χ0n) is 9.45. The molecule has 0 aromatic heterocycles. The lowest BCUT2D eigenvalue weighted by Gasteiger charge is -2.31. The molecule has 0 saturated heterocycles. The average Bonchev–Trinajstić information content (AvgIpc) is 2.23. The second kappa shape index (κ2) is 4.88. The molecule has 1 aliphatic carbocycles. The van der Waals surface area contributed by atoms with Gasteiger partial charge in [-0.25, -0.2) is 0 Å². The highest BCUT2D eigenvalue weighted by molar-refractivity contribution is 6.31. The molecule has 0 amide bonds. The van der Waals surface area contributed by atoms with Crippen molar-refractivity contribution in [3.63, 3.8) is 0 Å². The highest BCUT2D eigenvalue weighted by Crippen LogP contribution is 2.30. The Kier molecular flexibility index (Phi) is 3.49. The van der Waals surface area contributed by atoms with Crippen LogP contribution in [0, 0.1) is 5.92 Å². The first-order valence-corrected chi connectivity index (χ1v) is 6.04. The predicted molar refractivity (Wildman–Crippen MR) is 67.5 cm³/mol. The predicted octanol–water partition coefficient (Wildman–Crippen LogP) is 3.39. The summed E-state index contributed by atoms with van der Waals surface area (Å²) in [4.78, 5) is 13.1. The minimum absolute atomic E-state index is 0.682. The third kappa shape index (κ3) is 2.38. The van der Waals surface area contributed by atoms with Gasteiger partial charge < -0.3 is 4.90 Å². The molecule has 16 heavy (non-hydrogen) atoms. The van der Waals surface area contributed by atoms with Crippen LogP contribution in [0.5, 0.6) is 0 Å². The quantitative estimate of drug-likeness (QED) is 0.749. The van der Waals surface area contributed by atoms with Crippen LogP contribution in [0.25, 0.3) is 0 Å². The average molecular weight is 238 g/mol. The number of hydrogen-bond acceptors (Lipinski definition) is 2. The summed E-state index contributed by atoms with van der Waals surface area (Å²) in [6.07, 6.45) is 4.85. The van der Waals surface area contributed by atoms with Crippen LogP contribution in [0.15, 0.2) is 18.2 Å². The molecule has 2 nitrogen and oxygen atoms in total. The number of rotatable bonds is 4. The van der Waals surface area contributed by atoms with Crippen molar-refractivity contribution in [1.82, 2.24) is 0 Å². The summed E-state index contributed by atoms with van der Waals surface area (Å²) in [7, 11) is 2.02. The van der Waals surface area contributed by atoms with Gasteiger partial charge in [-0.1, -0.05) is 18.0 Å². The number of hydrogen-bond donors (Lipinski definition) is 0. The highest BCUT2D eigenvalue weighted by atomic mass is 35.5. The minimum atomic E-state index is 0.682. The second-order valence-electron chi connectivity index (χ2n) is 4.50. The van der Waals surface area contributed by atoms with E-state index in [1.54, 1.807) is 12.1 Å². The maximum atomic E-state index is 10.9. The molecule has 0 heterocycles. The van der Waals surface area contributed by atoms with Gasteiger partial charge in [-0.2, -0.15) is 0 Å². The third-order valence-corrected chi connectivity index (χ3v) is 3.52. The van der Waals surface area contributed by atoms with E-state index in [4.69, 9.17) is 11.6 Å². The number of benzene rings is 1. The molecule has 1 fully saturated rings. The SMILES string of the molecule is CN(CC1CCC1)c1cc(Cl)ccc1C=O. The fourth-order valence-electron chi connectivity index (χ4n) is 2.11. The maximum Gasteiger partial charge on any atom is 0.152 e. The molecule has 0 N–H and O–H groups in total. The molecule has 2 rings (SSSR count). The lowest BCUT2D eigenvalue weighted by Crippen LogP contribution is -2.29. The molecular weight excluding hydrogens is 222 g/mol. The Balaban J connectivity index is 2.16. The number of anilines is 1. The van der Waals surface area contributed by atoms with E-state index >= 15 is 0 Å². The molecule has 0 spiro atoms. The van der Waals surface area contributed by atoms with Crippen LogP contribution >= 0.6 is 11.6 Å². The first-order chi connectivity index (χ1) is 7.70. The van der Waals surface area contributed by atoms with E-state index in [2.05, 4.69) is 4.90 Å². The summed E-state index contributed by atoms with van der Waals surface area (Å²) < 4.78 is 0. The molecule has 1 saturated carbocycles. The Labute approximate surface area is 101 Å². The van der Waals surface area contributed by atoms with Gasteiger partial charge in [0, 0.05) is 29.9 Å². The van der Waals surface area contributed by atoms with E-state index in [1.165, 1.54) is 19.3 Å². The van der Waals surface area contributed by atoms with Crippen molar-refractivity contribution in [2.24, 2.45) is 5.92 Å². The summed E-state index contributed by atoms with van der Waals surface area (Å²) in [6, 6.07) is 5.40. The largest absolute Gasteiger partial charge is 0.374 e. The number of aldehydes is 1. The Morgan fingerprint density at radius 2 is 2.25 bits per heavy atom. The van der Waals surface area contributed by atoms with Gasteiger partial charge in [0.25, 0.3) is 0 Å². The third-order valence-electron chi connectivity index (χ3n) is 3.29.